The van der Waals surface area contributed by atoms with Crippen molar-refractivity contribution in [1.29, 1.82) is 0 Å². The van der Waals surface area contributed by atoms with E-state index in [4.69, 9.17) is 10.6 Å². The zero-order valence-corrected chi connectivity index (χ0v) is 17.9. The molecule has 150 valence electrons. The Bertz CT molecular complexity index is 1230. The van der Waals surface area contributed by atoms with Gasteiger partial charge in [-0.1, -0.05) is 23.9 Å². The van der Waals surface area contributed by atoms with Crippen molar-refractivity contribution in [2.75, 3.05) is 13.0 Å². The number of nitrogens with one attached hydrogen (secondary N) is 1. The third kappa shape index (κ3) is 3.85. The molecule has 0 radical (unpaired) electrons. The second kappa shape index (κ2) is 7.88. The molecule has 0 aliphatic carbocycles. The van der Waals surface area contributed by atoms with Crippen molar-refractivity contribution in [3.05, 3.63) is 62.3 Å². The van der Waals surface area contributed by atoms with Gasteiger partial charge in [0.2, 0.25) is 5.16 Å². The maximum absolute atomic E-state index is 12.4. The number of rotatable bonds is 6. The van der Waals surface area contributed by atoms with Gasteiger partial charge >= 0.3 is 0 Å². The van der Waals surface area contributed by atoms with Gasteiger partial charge in [-0.25, -0.2) is 9.66 Å². The Kier molecular flexibility index (Phi) is 5.29. The number of methoxy groups -OCH3 is 1. The third-order valence-corrected chi connectivity index (χ3v) is 6.74. The highest BCUT2D eigenvalue weighted by Crippen LogP contribution is 2.27. The van der Waals surface area contributed by atoms with Crippen LogP contribution in [0.3, 0.4) is 0 Å². The molecule has 3 N–H and O–H groups in total. The summed E-state index contributed by atoms with van der Waals surface area (Å²) in [6, 6.07) is 7.73. The number of benzene rings is 1. The average molecular weight is 429 g/mol. The van der Waals surface area contributed by atoms with E-state index in [1.807, 2.05) is 38.1 Å². The highest BCUT2D eigenvalue weighted by molar-refractivity contribution is 7.98. The Hall–Kier alpha value is -2.85. The number of nitrogen functional groups attached to an aromatic ring is 1. The molecule has 3 aromatic heterocycles. The number of aryl methyl sites for hydroxylation is 2. The van der Waals surface area contributed by atoms with Gasteiger partial charge in [0.25, 0.3) is 5.56 Å². The largest absolute Gasteiger partial charge is 0.497 e. The van der Waals surface area contributed by atoms with Crippen molar-refractivity contribution in [3.8, 4) is 5.75 Å². The van der Waals surface area contributed by atoms with E-state index in [0.29, 0.717) is 34.4 Å². The summed E-state index contributed by atoms with van der Waals surface area (Å²) in [4.78, 5) is 21.7. The molecule has 0 bridgehead atoms. The van der Waals surface area contributed by atoms with E-state index in [9.17, 15) is 4.79 Å². The SMILES string of the molecule is COc1ccc(Cc2nnc(SCc3nc4sc(C)c(C)c4c(=O)[nH]3)n2N)cc1. The molecule has 0 fully saturated rings. The highest BCUT2D eigenvalue weighted by atomic mass is 32.2. The molecule has 10 heteroatoms. The lowest BCUT2D eigenvalue weighted by molar-refractivity contribution is 0.414. The van der Waals surface area contributed by atoms with Gasteiger partial charge in [-0.2, -0.15) is 0 Å². The number of aromatic nitrogens is 5. The van der Waals surface area contributed by atoms with Crippen molar-refractivity contribution in [3.63, 3.8) is 0 Å². The number of H-pyrrole nitrogens is 1. The van der Waals surface area contributed by atoms with Crippen LogP contribution in [0.15, 0.2) is 34.2 Å². The van der Waals surface area contributed by atoms with Gasteiger partial charge in [0.1, 0.15) is 16.4 Å². The van der Waals surface area contributed by atoms with Gasteiger partial charge < -0.3 is 15.6 Å². The number of fused-ring (bicyclic) bond motifs is 1. The molecule has 0 atom stereocenters. The number of aromatic amines is 1. The lowest BCUT2D eigenvalue weighted by Crippen LogP contribution is -2.15. The molecule has 3 heterocycles. The van der Waals surface area contributed by atoms with Crippen molar-refractivity contribution in [1.82, 2.24) is 24.8 Å². The highest BCUT2D eigenvalue weighted by Gasteiger charge is 2.14. The number of ether oxygens (including phenoxy) is 1. The summed E-state index contributed by atoms with van der Waals surface area (Å²) in [5, 5.41) is 9.60. The van der Waals surface area contributed by atoms with Crippen molar-refractivity contribution < 1.29 is 4.74 Å². The number of hydrogen-bond acceptors (Lipinski definition) is 8. The van der Waals surface area contributed by atoms with Gasteiger partial charge in [0, 0.05) is 11.3 Å². The first kappa shape index (κ1) is 19.5. The van der Waals surface area contributed by atoms with E-state index in [1.54, 1.807) is 7.11 Å². The van der Waals surface area contributed by atoms with E-state index < -0.39 is 0 Å². The zero-order valence-electron chi connectivity index (χ0n) is 16.2. The fourth-order valence-corrected chi connectivity index (χ4v) is 4.75. The number of nitrogens with zero attached hydrogens (tertiary/aromatic N) is 4. The predicted molar refractivity (Wildman–Crippen MR) is 115 cm³/mol. The molecule has 1 aromatic carbocycles. The summed E-state index contributed by atoms with van der Waals surface area (Å²) in [5.41, 5.74) is 1.94. The Labute approximate surface area is 175 Å². The van der Waals surface area contributed by atoms with Crippen LogP contribution in [0, 0.1) is 13.8 Å². The smallest absolute Gasteiger partial charge is 0.259 e. The first-order valence-corrected chi connectivity index (χ1v) is 10.7. The van der Waals surface area contributed by atoms with Crippen molar-refractivity contribution in [2.24, 2.45) is 0 Å². The van der Waals surface area contributed by atoms with E-state index in [2.05, 4.69) is 20.2 Å². The van der Waals surface area contributed by atoms with Crippen LogP contribution in [0.5, 0.6) is 5.75 Å². The Morgan fingerprint density at radius 1 is 1.24 bits per heavy atom. The number of thioether (sulfide) groups is 1. The van der Waals surface area contributed by atoms with Crippen LogP contribution < -0.4 is 16.1 Å². The molecule has 4 aromatic rings. The molecule has 29 heavy (non-hydrogen) atoms. The maximum Gasteiger partial charge on any atom is 0.259 e. The number of thiophene rings is 1. The monoisotopic (exact) mass is 428 g/mol. The lowest BCUT2D eigenvalue weighted by Gasteiger charge is -2.05. The van der Waals surface area contributed by atoms with E-state index in [1.165, 1.54) is 27.8 Å². The quantitative estimate of drug-likeness (QED) is 0.359. The van der Waals surface area contributed by atoms with Gasteiger partial charge in [-0.3, -0.25) is 4.79 Å². The van der Waals surface area contributed by atoms with Gasteiger partial charge in [0.15, 0.2) is 5.82 Å². The molecule has 0 unspecified atom stereocenters. The van der Waals surface area contributed by atoms with Crippen molar-refractivity contribution >= 4 is 33.3 Å². The van der Waals surface area contributed by atoms with Crippen LogP contribution >= 0.6 is 23.1 Å². The molecule has 0 amide bonds. The maximum atomic E-state index is 12.4. The minimum absolute atomic E-state index is 0.109. The molecule has 4 rings (SSSR count). The van der Waals surface area contributed by atoms with Crippen molar-refractivity contribution in [2.45, 2.75) is 31.2 Å². The van der Waals surface area contributed by atoms with Crippen LogP contribution in [-0.4, -0.2) is 32.0 Å². The van der Waals surface area contributed by atoms with Gasteiger partial charge in [0.05, 0.1) is 18.2 Å². The van der Waals surface area contributed by atoms with Crippen LogP contribution in [0.2, 0.25) is 0 Å². The Morgan fingerprint density at radius 3 is 2.72 bits per heavy atom. The minimum atomic E-state index is -0.109. The fraction of sp³-hybridized carbons (Fsp3) is 0.263. The molecule has 0 aliphatic rings. The lowest BCUT2D eigenvalue weighted by atomic mass is 10.1. The average Bonchev–Trinajstić information content (AvgIpc) is 3.20. The van der Waals surface area contributed by atoms with E-state index in [-0.39, 0.29) is 5.56 Å². The fourth-order valence-electron chi connectivity index (χ4n) is 2.95. The Balaban J connectivity index is 1.49. The van der Waals surface area contributed by atoms with E-state index >= 15 is 0 Å². The third-order valence-electron chi connectivity index (χ3n) is 4.68. The summed E-state index contributed by atoms with van der Waals surface area (Å²) in [5.74, 6) is 8.66. The predicted octanol–water partition coefficient (Wildman–Crippen LogP) is 2.80. The second-order valence-corrected chi connectivity index (χ2v) is 8.70. The number of nitrogens with two attached hydrogens (primary N) is 1. The van der Waals surface area contributed by atoms with Crippen LogP contribution in [0.1, 0.15) is 27.7 Å². The first-order chi connectivity index (χ1) is 14.0. The molecular weight excluding hydrogens is 408 g/mol. The molecule has 0 saturated heterocycles. The number of hydrogen-bond donors (Lipinski definition) is 2. The molecule has 0 spiro atoms. The molecule has 0 aliphatic heterocycles. The summed E-state index contributed by atoms with van der Waals surface area (Å²) in [6.07, 6.45) is 0.558. The van der Waals surface area contributed by atoms with Crippen LogP contribution in [-0.2, 0) is 12.2 Å². The Morgan fingerprint density at radius 2 is 2.00 bits per heavy atom. The van der Waals surface area contributed by atoms with Crippen LogP contribution in [0.4, 0.5) is 0 Å². The normalized spacial score (nSPS) is 11.3. The topological polar surface area (TPSA) is 112 Å². The summed E-state index contributed by atoms with van der Waals surface area (Å²) >= 11 is 2.91. The molecule has 0 saturated carbocycles. The first-order valence-electron chi connectivity index (χ1n) is 8.90. The van der Waals surface area contributed by atoms with E-state index in [0.717, 1.165) is 26.6 Å². The van der Waals surface area contributed by atoms with Gasteiger partial charge in [-0.05, 0) is 37.1 Å². The van der Waals surface area contributed by atoms with Crippen LogP contribution in [0.25, 0.3) is 10.2 Å². The molecule has 8 nitrogen and oxygen atoms in total. The van der Waals surface area contributed by atoms with Gasteiger partial charge in [-0.15, -0.1) is 21.5 Å². The summed E-state index contributed by atoms with van der Waals surface area (Å²) < 4.78 is 6.65. The standard InChI is InChI=1S/C19H20N6O2S2/c1-10-11(2)29-18-16(10)17(26)21-14(22-18)9-28-19-24-23-15(25(19)20)8-12-4-6-13(27-3)7-5-12/h4-7H,8-9,20H2,1-3H3,(H,21,22,26). The minimum Gasteiger partial charge on any atom is -0.497 e. The summed E-state index contributed by atoms with van der Waals surface area (Å²) in [6.45, 7) is 3.94. The summed E-state index contributed by atoms with van der Waals surface area (Å²) in [7, 11) is 1.63. The molecular formula is C19H20N6O2S2. The zero-order chi connectivity index (χ0) is 20.5. The second-order valence-electron chi connectivity index (χ2n) is 6.56.